The van der Waals surface area contributed by atoms with E-state index in [-0.39, 0.29) is 31.1 Å². The van der Waals surface area contributed by atoms with Crippen molar-refractivity contribution in [1.29, 1.82) is 0 Å². The number of aliphatic hydroxyl groups excluding tert-OH is 1. The lowest BCUT2D eigenvalue weighted by Gasteiger charge is -2.11. The number of rotatable bonds is 8. The van der Waals surface area contributed by atoms with Crippen molar-refractivity contribution < 1.29 is 18.6 Å². The average Bonchev–Trinajstić information content (AvgIpc) is 3.55. The normalized spacial score (nSPS) is 12.6. The maximum Gasteiger partial charge on any atom is 0.182 e. The Balaban J connectivity index is 1.41. The molecule has 11 heteroatoms. The summed E-state index contributed by atoms with van der Waals surface area (Å²) in [6.07, 6.45) is 4.14. The first-order chi connectivity index (χ1) is 19.0. The molecule has 2 N–H and O–H groups in total. The highest BCUT2D eigenvalue weighted by molar-refractivity contribution is 5.92. The Morgan fingerprint density at radius 3 is 2.67 bits per heavy atom. The minimum absolute atomic E-state index is 0.0132. The van der Waals surface area contributed by atoms with Gasteiger partial charge in [-0.25, -0.2) is 28.7 Å². The van der Waals surface area contributed by atoms with E-state index in [0.717, 1.165) is 53.7 Å². The van der Waals surface area contributed by atoms with Crippen molar-refractivity contribution >= 4 is 22.5 Å². The Bertz CT molecular complexity index is 1670. The summed E-state index contributed by atoms with van der Waals surface area (Å²) in [4.78, 5) is 18.1. The van der Waals surface area contributed by atoms with Crippen LogP contribution in [0.15, 0.2) is 48.8 Å². The molecule has 0 atom stereocenters. The molecule has 1 aliphatic rings. The molecule has 3 aromatic heterocycles. The van der Waals surface area contributed by atoms with Crippen molar-refractivity contribution in [3.8, 4) is 17.3 Å². The number of ether oxygens (including phenoxy) is 1. The molecule has 0 spiro atoms. The third kappa shape index (κ3) is 4.88. The van der Waals surface area contributed by atoms with Crippen molar-refractivity contribution in [2.24, 2.45) is 0 Å². The molecule has 0 radical (unpaired) electrons. The van der Waals surface area contributed by atoms with Crippen LogP contribution in [0.25, 0.3) is 22.4 Å². The first-order valence-electron chi connectivity index (χ1n) is 12.6. The summed E-state index contributed by atoms with van der Waals surface area (Å²) in [5, 5.41) is 17.7. The van der Waals surface area contributed by atoms with Gasteiger partial charge < -0.3 is 15.2 Å². The zero-order valence-corrected chi connectivity index (χ0v) is 21.2. The van der Waals surface area contributed by atoms with Gasteiger partial charge in [0.15, 0.2) is 5.82 Å². The number of aryl methyl sites for hydroxylation is 2. The fraction of sp³-hybridized carbons (Fsp3) is 0.250. The van der Waals surface area contributed by atoms with Crippen LogP contribution in [-0.4, -0.2) is 48.0 Å². The Kier molecular flexibility index (Phi) is 6.57. The molecule has 198 valence electrons. The molecule has 0 amide bonds. The topological polar surface area (TPSA) is 111 Å². The standard InChI is InChI=1S/C28H25F2N7O2/c1-16-11-25(32-15-31-16)34-27-18-6-4-7-23(18)33-28(35-27)26-19-5-2-3-8-24(19)37(36-26)14-20-21(29)12-17(13-22(20)30)39-10-9-38/h2-3,5,8,11-13,15,38H,4,6-7,9-10,14H2,1H3,(H,31,32,33,34,35). The van der Waals surface area contributed by atoms with E-state index in [4.69, 9.17) is 24.9 Å². The van der Waals surface area contributed by atoms with Gasteiger partial charge in [0.1, 0.15) is 47.6 Å². The number of para-hydroxylation sites is 1. The van der Waals surface area contributed by atoms with Gasteiger partial charge in [-0.1, -0.05) is 18.2 Å². The van der Waals surface area contributed by atoms with Crippen molar-refractivity contribution in [3.63, 3.8) is 0 Å². The summed E-state index contributed by atoms with van der Waals surface area (Å²) >= 11 is 0. The number of anilines is 2. The van der Waals surface area contributed by atoms with Gasteiger partial charge in [0.25, 0.3) is 0 Å². The lowest BCUT2D eigenvalue weighted by atomic mass is 10.1. The van der Waals surface area contributed by atoms with Crippen LogP contribution in [-0.2, 0) is 19.4 Å². The highest BCUT2D eigenvalue weighted by atomic mass is 19.1. The lowest BCUT2D eigenvalue weighted by Crippen LogP contribution is -2.09. The number of nitrogens with zero attached hydrogens (tertiary/aromatic N) is 6. The third-order valence-electron chi connectivity index (χ3n) is 6.64. The Morgan fingerprint density at radius 1 is 1.05 bits per heavy atom. The smallest absolute Gasteiger partial charge is 0.182 e. The van der Waals surface area contributed by atoms with E-state index in [1.54, 1.807) is 4.68 Å². The van der Waals surface area contributed by atoms with E-state index < -0.39 is 11.6 Å². The third-order valence-corrected chi connectivity index (χ3v) is 6.64. The SMILES string of the molecule is Cc1cc(Nc2nc(-c3nn(Cc4c(F)cc(OCCO)cc4F)c4ccccc34)nc3c2CCC3)ncn1. The minimum Gasteiger partial charge on any atom is -0.491 e. The van der Waals surface area contributed by atoms with Gasteiger partial charge in [0, 0.05) is 46.1 Å². The zero-order chi connectivity index (χ0) is 26.9. The van der Waals surface area contributed by atoms with Crippen LogP contribution in [0, 0.1) is 18.6 Å². The number of fused-ring (bicyclic) bond motifs is 2. The molecule has 0 fully saturated rings. The molecule has 2 aromatic carbocycles. The molecule has 0 unspecified atom stereocenters. The summed E-state index contributed by atoms with van der Waals surface area (Å²) < 4.78 is 36.6. The Hall–Kier alpha value is -4.51. The molecule has 0 aliphatic heterocycles. The zero-order valence-electron chi connectivity index (χ0n) is 21.2. The van der Waals surface area contributed by atoms with E-state index in [1.165, 1.54) is 6.33 Å². The molecule has 0 saturated heterocycles. The van der Waals surface area contributed by atoms with E-state index in [0.29, 0.717) is 28.7 Å². The van der Waals surface area contributed by atoms with E-state index in [9.17, 15) is 8.78 Å². The van der Waals surface area contributed by atoms with Crippen molar-refractivity contribution in [2.75, 3.05) is 18.5 Å². The van der Waals surface area contributed by atoms with Gasteiger partial charge in [0.05, 0.1) is 18.7 Å². The molecule has 9 nitrogen and oxygen atoms in total. The van der Waals surface area contributed by atoms with Crippen LogP contribution in [0.5, 0.6) is 5.75 Å². The van der Waals surface area contributed by atoms with Crippen LogP contribution in [0.2, 0.25) is 0 Å². The molecule has 3 heterocycles. The monoisotopic (exact) mass is 529 g/mol. The highest BCUT2D eigenvalue weighted by Gasteiger charge is 2.24. The predicted molar refractivity (Wildman–Crippen MR) is 141 cm³/mol. The van der Waals surface area contributed by atoms with E-state index >= 15 is 0 Å². The molecule has 5 aromatic rings. The summed E-state index contributed by atoms with van der Waals surface area (Å²) in [7, 11) is 0. The molecular weight excluding hydrogens is 504 g/mol. The van der Waals surface area contributed by atoms with Gasteiger partial charge in [-0.15, -0.1) is 0 Å². The van der Waals surface area contributed by atoms with Crippen LogP contribution in [0.4, 0.5) is 20.4 Å². The quantitative estimate of drug-likeness (QED) is 0.302. The van der Waals surface area contributed by atoms with Gasteiger partial charge >= 0.3 is 0 Å². The van der Waals surface area contributed by atoms with Crippen LogP contribution < -0.4 is 10.1 Å². The van der Waals surface area contributed by atoms with Crippen LogP contribution >= 0.6 is 0 Å². The Morgan fingerprint density at radius 2 is 1.87 bits per heavy atom. The number of benzene rings is 2. The summed E-state index contributed by atoms with van der Waals surface area (Å²) in [5.41, 5.74) is 3.88. The Labute approximate surface area is 222 Å². The van der Waals surface area contributed by atoms with Crippen molar-refractivity contribution in [2.45, 2.75) is 32.7 Å². The maximum absolute atomic E-state index is 14.9. The number of hydrogen-bond donors (Lipinski definition) is 2. The molecule has 39 heavy (non-hydrogen) atoms. The first-order valence-corrected chi connectivity index (χ1v) is 12.6. The molecule has 0 saturated carbocycles. The minimum atomic E-state index is -0.760. The molecule has 0 bridgehead atoms. The first kappa shape index (κ1) is 24.8. The lowest BCUT2D eigenvalue weighted by molar-refractivity contribution is 0.200. The fourth-order valence-corrected chi connectivity index (χ4v) is 4.83. The highest BCUT2D eigenvalue weighted by Crippen LogP contribution is 2.33. The summed E-state index contributed by atoms with van der Waals surface area (Å²) in [6.45, 7) is 1.44. The maximum atomic E-state index is 14.9. The molecule has 6 rings (SSSR count). The average molecular weight is 530 g/mol. The number of nitrogens with one attached hydrogen (secondary N) is 1. The fourth-order valence-electron chi connectivity index (χ4n) is 4.83. The second-order valence-corrected chi connectivity index (χ2v) is 9.31. The summed E-state index contributed by atoms with van der Waals surface area (Å²) in [5.74, 6) is 0.217. The van der Waals surface area contributed by atoms with Crippen molar-refractivity contribution in [1.82, 2.24) is 29.7 Å². The second-order valence-electron chi connectivity index (χ2n) is 9.31. The van der Waals surface area contributed by atoms with Crippen molar-refractivity contribution in [3.05, 3.63) is 82.9 Å². The van der Waals surface area contributed by atoms with Crippen LogP contribution in [0.3, 0.4) is 0 Å². The number of aliphatic hydroxyl groups is 1. The number of halogens is 2. The number of aromatic nitrogens is 6. The number of hydrogen-bond acceptors (Lipinski definition) is 8. The van der Waals surface area contributed by atoms with Gasteiger partial charge in [-0.2, -0.15) is 5.10 Å². The van der Waals surface area contributed by atoms with Gasteiger partial charge in [-0.05, 0) is 32.3 Å². The van der Waals surface area contributed by atoms with E-state index in [1.807, 2.05) is 37.3 Å². The second kappa shape index (κ2) is 10.3. The predicted octanol–water partition coefficient (Wildman–Crippen LogP) is 4.52. The molecule has 1 aliphatic carbocycles. The summed E-state index contributed by atoms with van der Waals surface area (Å²) in [6, 6.07) is 11.5. The van der Waals surface area contributed by atoms with Gasteiger partial charge in [0.2, 0.25) is 0 Å². The largest absolute Gasteiger partial charge is 0.491 e. The van der Waals surface area contributed by atoms with Crippen LogP contribution in [0.1, 0.15) is 28.9 Å². The van der Waals surface area contributed by atoms with Gasteiger partial charge in [-0.3, -0.25) is 4.68 Å². The molecular formula is C28H25F2N7O2. The van der Waals surface area contributed by atoms with E-state index in [2.05, 4.69) is 15.3 Å².